The molecule has 6 heteroatoms. The van der Waals surface area contributed by atoms with E-state index in [0.717, 1.165) is 49.4 Å². The Morgan fingerprint density at radius 3 is 2.34 bits per heavy atom. The molecule has 3 aromatic carbocycles. The van der Waals surface area contributed by atoms with Gasteiger partial charge >= 0.3 is 0 Å². The van der Waals surface area contributed by atoms with Crippen molar-refractivity contribution >= 4 is 60.7 Å². The minimum Gasteiger partial charge on any atom is -0.274 e. The van der Waals surface area contributed by atoms with E-state index in [4.69, 9.17) is 15.0 Å². The summed E-state index contributed by atoms with van der Waals surface area (Å²) in [5, 5.41) is 4.37. The van der Waals surface area contributed by atoms with Crippen molar-refractivity contribution in [3.63, 3.8) is 0 Å². The summed E-state index contributed by atoms with van der Waals surface area (Å²) >= 11 is 0. The molecule has 0 aliphatic heterocycles. The van der Waals surface area contributed by atoms with Gasteiger partial charge in [0, 0.05) is 23.2 Å². The molecule has 6 nitrogen and oxygen atoms in total. The lowest BCUT2D eigenvalue weighted by molar-refractivity contribution is 1.16. The predicted molar refractivity (Wildman–Crippen MR) is 114 cm³/mol. The van der Waals surface area contributed by atoms with E-state index in [0.29, 0.717) is 11.3 Å². The van der Waals surface area contributed by atoms with Crippen LogP contribution in [0.5, 0.6) is 0 Å². The lowest BCUT2D eigenvalue weighted by Crippen LogP contribution is -1.99. The fraction of sp³-hybridized carbons (Fsp3) is 0. The van der Waals surface area contributed by atoms with Gasteiger partial charge in [0.1, 0.15) is 11.2 Å². The topological polar surface area (TPSA) is 68.9 Å². The van der Waals surface area contributed by atoms with Gasteiger partial charge in [-0.05, 0) is 29.0 Å². The molecule has 134 valence electrons. The highest BCUT2D eigenvalue weighted by Gasteiger charge is 2.18. The van der Waals surface area contributed by atoms with E-state index in [9.17, 15) is 0 Å². The van der Waals surface area contributed by atoms with Crippen molar-refractivity contribution in [1.82, 2.24) is 29.3 Å². The summed E-state index contributed by atoms with van der Waals surface area (Å²) in [5.41, 5.74) is 5.41. The number of pyridine rings is 1. The third kappa shape index (κ3) is 1.87. The smallest absolute Gasteiger partial charge is 0.199 e. The molecule has 0 aliphatic rings. The second-order valence-corrected chi connectivity index (χ2v) is 7.07. The van der Waals surface area contributed by atoms with Crippen LogP contribution < -0.4 is 0 Å². The lowest BCUT2D eigenvalue weighted by Gasteiger charge is -2.10. The van der Waals surface area contributed by atoms with Crippen molar-refractivity contribution in [3.05, 3.63) is 73.1 Å². The first kappa shape index (κ1) is 14.8. The molecule has 0 fully saturated rings. The van der Waals surface area contributed by atoms with Gasteiger partial charge < -0.3 is 0 Å². The van der Waals surface area contributed by atoms with Crippen LogP contribution in [0, 0.1) is 0 Å². The molecule has 0 saturated heterocycles. The van der Waals surface area contributed by atoms with Gasteiger partial charge in [-0.1, -0.05) is 42.5 Å². The van der Waals surface area contributed by atoms with Crippen LogP contribution in [0.4, 0.5) is 0 Å². The maximum absolute atomic E-state index is 4.94. The van der Waals surface area contributed by atoms with Crippen LogP contribution in [-0.4, -0.2) is 29.3 Å². The van der Waals surface area contributed by atoms with Gasteiger partial charge in [-0.15, -0.1) is 0 Å². The van der Waals surface area contributed by atoms with E-state index in [1.807, 2.05) is 30.3 Å². The first-order valence-corrected chi connectivity index (χ1v) is 9.37. The summed E-state index contributed by atoms with van der Waals surface area (Å²) in [6.07, 6.45) is 3.29. The number of hydrogen-bond acceptors (Lipinski definition) is 5. The van der Waals surface area contributed by atoms with Gasteiger partial charge in [-0.25, -0.2) is 24.9 Å². The standard InChI is InChI=1S/C23H12N6/c1-2-6-14-13(5-1)9-10-15-18(14)19-23(28-21-20(27-19)24-11-12-25-21)29-17-8-4-3-7-16(17)26-22(15)29/h1-12H. The number of aromatic nitrogens is 6. The number of fused-ring (bicyclic) bond motifs is 11. The molecule has 0 aliphatic carbocycles. The number of hydrogen-bond donors (Lipinski definition) is 0. The third-order valence-electron chi connectivity index (χ3n) is 5.48. The Morgan fingerprint density at radius 2 is 1.41 bits per heavy atom. The molecule has 0 radical (unpaired) electrons. The number of imidazole rings is 1. The second kappa shape index (κ2) is 5.20. The molecule has 0 unspecified atom stereocenters. The fourth-order valence-corrected chi connectivity index (χ4v) is 4.25. The maximum Gasteiger partial charge on any atom is 0.199 e. The minimum atomic E-state index is 0.527. The Balaban J connectivity index is 1.90. The van der Waals surface area contributed by atoms with Crippen molar-refractivity contribution in [2.75, 3.05) is 0 Å². The molecule has 0 spiro atoms. The average molecular weight is 372 g/mol. The van der Waals surface area contributed by atoms with E-state index < -0.39 is 0 Å². The fourth-order valence-electron chi connectivity index (χ4n) is 4.25. The number of rotatable bonds is 0. The van der Waals surface area contributed by atoms with Crippen LogP contribution in [-0.2, 0) is 0 Å². The summed E-state index contributed by atoms with van der Waals surface area (Å²) in [6, 6.07) is 20.7. The van der Waals surface area contributed by atoms with Gasteiger partial charge in [-0.2, -0.15) is 0 Å². The van der Waals surface area contributed by atoms with Crippen molar-refractivity contribution in [2.24, 2.45) is 0 Å². The van der Waals surface area contributed by atoms with E-state index in [2.05, 4.69) is 44.7 Å². The highest BCUT2D eigenvalue weighted by atomic mass is 15.1. The number of para-hydroxylation sites is 2. The first-order valence-electron chi connectivity index (χ1n) is 9.37. The Hall–Kier alpha value is -4.19. The summed E-state index contributed by atoms with van der Waals surface area (Å²) in [6.45, 7) is 0. The van der Waals surface area contributed by atoms with Crippen LogP contribution >= 0.6 is 0 Å². The third-order valence-corrected chi connectivity index (χ3v) is 5.48. The van der Waals surface area contributed by atoms with Crippen molar-refractivity contribution in [2.45, 2.75) is 0 Å². The molecule has 29 heavy (non-hydrogen) atoms. The van der Waals surface area contributed by atoms with Crippen LogP contribution in [0.1, 0.15) is 0 Å². The van der Waals surface area contributed by atoms with Crippen molar-refractivity contribution < 1.29 is 0 Å². The van der Waals surface area contributed by atoms with E-state index in [1.54, 1.807) is 12.4 Å². The minimum absolute atomic E-state index is 0.527. The van der Waals surface area contributed by atoms with Crippen LogP contribution in [0.25, 0.3) is 60.7 Å². The molecule has 4 heterocycles. The van der Waals surface area contributed by atoms with Crippen LogP contribution in [0.2, 0.25) is 0 Å². The van der Waals surface area contributed by atoms with E-state index in [1.165, 1.54) is 0 Å². The van der Waals surface area contributed by atoms with E-state index in [-0.39, 0.29) is 0 Å². The Kier molecular flexibility index (Phi) is 2.66. The Morgan fingerprint density at radius 1 is 0.621 bits per heavy atom. The van der Waals surface area contributed by atoms with Gasteiger partial charge in [0.2, 0.25) is 0 Å². The van der Waals surface area contributed by atoms with Gasteiger partial charge in [0.05, 0.1) is 11.0 Å². The number of nitrogens with zero attached hydrogens (tertiary/aromatic N) is 6. The molecule has 7 aromatic rings. The quantitative estimate of drug-likeness (QED) is 0.286. The molecule has 0 amide bonds. The SMILES string of the molecule is c1ccc2c(c1)ccc1c2c2nc3nccnc3nc2n2c3ccccc3nc12. The summed E-state index contributed by atoms with van der Waals surface area (Å²) in [5.74, 6) is 0. The summed E-state index contributed by atoms with van der Waals surface area (Å²) in [7, 11) is 0. The zero-order chi connectivity index (χ0) is 18.9. The first-order chi connectivity index (χ1) is 14.4. The van der Waals surface area contributed by atoms with Crippen molar-refractivity contribution in [1.29, 1.82) is 0 Å². The van der Waals surface area contributed by atoms with Gasteiger partial charge in [0.15, 0.2) is 16.9 Å². The highest BCUT2D eigenvalue weighted by Crippen LogP contribution is 2.35. The molecule has 0 saturated carbocycles. The molecular formula is C23H12N6. The Labute approximate surface area is 163 Å². The van der Waals surface area contributed by atoms with Crippen LogP contribution in [0.3, 0.4) is 0 Å². The molecule has 7 rings (SSSR count). The monoisotopic (exact) mass is 372 g/mol. The predicted octanol–water partition coefficient (Wildman–Crippen LogP) is 4.68. The second-order valence-electron chi connectivity index (χ2n) is 7.07. The highest BCUT2D eigenvalue weighted by molar-refractivity contribution is 6.22. The molecule has 0 atom stereocenters. The van der Waals surface area contributed by atoms with Gasteiger partial charge in [0.25, 0.3) is 0 Å². The largest absolute Gasteiger partial charge is 0.274 e. The Bertz CT molecular complexity index is 1770. The summed E-state index contributed by atoms with van der Waals surface area (Å²) in [4.78, 5) is 23.5. The van der Waals surface area contributed by atoms with Crippen LogP contribution in [0.15, 0.2) is 73.1 Å². The molecule has 0 N–H and O–H groups in total. The summed E-state index contributed by atoms with van der Waals surface area (Å²) < 4.78 is 2.09. The zero-order valence-corrected chi connectivity index (χ0v) is 15.1. The molecular weight excluding hydrogens is 360 g/mol. The molecule has 0 bridgehead atoms. The average Bonchev–Trinajstić information content (AvgIpc) is 3.17. The maximum atomic E-state index is 4.94. The number of benzene rings is 3. The lowest BCUT2D eigenvalue weighted by atomic mass is 10.0. The molecule has 4 aromatic heterocycles. The zero-order valence-electron chi connectivity index (χ0n) is 15.1. The van der Waals surface area contributed by atoms with Gasteiger partial charge in [-0.3, -0.25) is 4.40 Å². The normalized spacial score (nSPS) is 12.1. The van der Waals surface area contributed by atoms with Crippen molar-refractivity contribution in [3.8, 4) is 0 Å². The van der Waals surface area contributed by atoms with E-state index >= 15 is 0 Å².